The summed E-state index contributed by atoms with van der Waals surface area (Å²) in [6, 6.07) is 9.62. The molecule has 0 unspecified atom stereocenters. The van der Waals surface area contributed by atoms with Crippen molar-refractivity contribution in [2.45, 2.75) is 22.8 Å². The molecule has 0 saturated carbocycles. The fourth-order valence-electron chi connectivity index (χ4n) is 2.29. The number of benzene rings is 1. The van der Waals surface area contributed by atoms with Crippen LogP contribution in [0.2, 0.25) is 0 Å². The molecule has 2 aromatic rings. The van der Waals surface area contributed by atoms with Gasteiger partial charge in [-0.1, -0.05) is 0 Å². The highest BCUT2D eigenvalue weighted by molar-refractivity contribution is 9.11. The number of thiophene rings is 1. The van der Waals surface area contributed by atoms with Crippen molar-refractivity contribution in [2.24, 2.45) is 0 Å². The Morgan fingerprint density at radius 2 is 2.20 bits per heavy atom. The average molecular weight is 457 g/mol. The fraction of sp³-hybridized carbons (Fsp3) is 0.294. The van der Waals surface area contributed by atoms with Crippen molar-refractivity contribution in [3.05, 3.63) is 44.6 Å². The highest BCUT2D eigenvalue weighted by Gasteiger charge is 2.23. The zero-order valence-electron chi connectivity index (χ0n) is 13.5. The number of nitrogens with one attached hydrogen (secondary N) is 2. The van der Waals surface area contributed by atoms with Crippen LogP contribution in [0.25, 0.3) is 0 Å². The quantitative estimate of drug-likeness (QED) is 0.623. The average Bonchev–Trinajstić information content (AvgIpc) is 3.00. The van der Waals surface area contributed by atoms with E-state index in [2.05, 4.69) is 38.7 Å². The number of amides is 2. The van der Waals surface area contributed by atoms with Crippen LogP contribution in [-0.4, -0.2) is 29.4 Å². The van der Waals surface area contributed by atoms with Gasteiger partial charge >= 0.3 is 0 Å². The number of hydrogen-bond donors (Lipinski definition) is 2. The Bertz CT molecular complexity index is 794. The molecule has 2 heterocycles. The highest BCUT2D eigenvalue weighted by Crippen LogP contribution is 2.35. The lowest BCUT2D eigenvalue weighted by atomic mass is 10.1. The predicted molar refractivity (Wildman–Crippen MR) is 111 cm³/mol. The standard InChI is InChI=1S/C17H17BrN2O2S3/c1-10-16(21)20-13-8-11(2-4-14(13)24-10)17(22)19-6-7-23-9-12-3-5-15(18)25-12/h2-5,8,10H,6-7,9H2,1H3,(H,19,22)(H,20,21)/t10-/m0/s1. The zero-order chi connectivity index (χ0) is 17.8. The second-order valence-electron chi connectivity index (χ2n) is 5.47. The van der Waals surface area contributed by atoms with Gasteiger partial charge in [-0.15, -0.1) is 23.1 Å². The summed E-state index contributed by atoms with van der Waals surface area (Å²) in [6.07, 6.45) is 0. The van der Waals surface area contributed by atoms with Crippen LogP contribution in [-0.2, 0) is 10.5 Å². The van der Waals surface area contributed by atoms with Crippen LogP contribution < -0.4 is 10.6 Å². The van der Waals surface area contributed by atoms with Gasteiger partial charge < -0.3 is 10.6 Å². The molecule has 0 spiro atoms. The Balaban J connectivity index is 1.47. The first-order valence-electron chi connectivity index (χ1n) is 7.74. The summed E-state index contributed by atoms with van der Waals surface area (Å²) in [5.74, 6) is 1.68. The van der Waals surface area contributed by atoms with E-state index in [1.807, 2.05) is 19.1 Å². The molecule has 132 valence electrons. The number of carbonyl (C=O) groups excluding carboxylic acids is 2. The molecule has 25 heavy (non-hydrogen) atoms. The van der Waals surface area contributed by atoms with Gasteiger partial charge in [-0.25, -0.2) is 0 Å². The van der Waals surface area contributed by atoms with E-state index in [0.717, 1.165) is 25.9 Å². The summed E-state index contributed by atoms with van der Waals surface area (Å²) in [5, 5.41) is 5.68. The van der Waals surface area contributed by atoms with Crippen molar-refractivity contribution in [1.29, 1.82) is 0 Å². The van der Waals surface area contributed by atoms with Crippen LogP contribution in [0.15, 0.2) is 39.0 Å². The third kappa shape index (κ3) is 5.03. The van der Waals surface area contributed by atoms with Gasteiger partial charge in [-0.05, 0) is 53.2 Å². The minimum atomic E-state index is -0.111. The molecule has 0 fully saturated rings. The Kier molecular flexibility index (Phi) is 6.49. The molecule has 2 amide bonds. The maximum absolute atomic E-state index is 12.3. The third-order valence-corrected chi connectivity index (χ3v) is 7.57. The van der Waals surface area contributed by atoms with Crippen LogP contribution in [0.5, 0.6) is 0 Å². The van der Waals surface area contributed by atoms with Gasteiger partial charge in [-0.3, -0.25) is 9.59 Å². The zero-order valence-corrected chi connectivity index (χ0v) is 17.5. The minimum Gasteiger partial charge on any atom is -0.351 e. The van der Waals surface area contributed by atoms with Crippen molar-refractivity contribution < 1.29 is 9.59 Å². The number of anilines is 1. The van der Waals surface area contributed by atoms with Gasteiger partial charge in [0.1, 0.15) is 0 Å². The first kappa shape index (κ1) is 18.8. The van der Waals surface area contributed by atoms with Crippen molar-refractivity contribution >= 4 is 68.3 Å². The summed E-state index contributed by atoms with van der Waals surface area (Å²) in [6.45, 7) is 2.49. The lowest BCUT2D eigenvalue weighted by Gasteiger charge is -2.21. The molecule has 1 aromatic heterocycles. The van der Waals surface area contributed by atoms with E-state index in [9.17, 15) is 9.59 Å². The maximum atomic E-state index is 12.3. The molecule has 0 aliphatic carbocycles. The van der Waals surface area contributed by atoms with E-state index in [4.69, 9.17) is 0 Å². The van der Waals surface area contributed by atoms with E-state index in [-0.39, 0.29) is 17.1 Å². The van der Waals surface area contributed by atoms with Crippen LogP contribution in [0, 0.1) is 0 Å². The molecule has 1 atom stereocenters. The smallest absolute Gasteiger partial charge is 0.251 e. The van der Waals surface area contributed by atoms with E-state index in [1.165, 1.54) is 16.6 Å². The Hall–Kier alpha value is -0.960. The highest BCUT2D eigenvalue weighted by atomic mass is 79.9. The van der Waals surface area contributed by atoms with E-state index >= 15 is 0 Å². The SMILES string of the molecule is C[C@@H]1Sc2ccc(C(=O)NCCSCc3ccc(Br)s3)cc2NC1=O. The molecule has 8 heteroatoms. The number of halogens is 1. The predicted octanol–water partition coefficient (Wildman–Crippen LogP) is 4.61. The van der Waals surface area contributed by atoms with Crippen LogP contribution in [0.1, 0.15) is 22.2 Å². The lowest BCUT2D eigenvalue weighted by molar-refractivity contribution is -0.115. The van der Waals surface area contributed by atoms with Gasteiger partial charge in [0.2, 0.25) is 5.91 Å². The summed E-state index contributed by atoms with van der Waals surface area (Å²) >= 11 is 8.50. The molecule has 1 aliphatic heterocycles. The molecule has 4 nitrogen and oxygen atoms in total. The molecular formula is C17H17BrN2O2S3. The van der Waals surface area contributed by atoms with Crippen LogP contribution >= 0.6 is 50.8 Å². The third-order valence-electron chi connectivity index (χ3n) is 3.58. The first-order chi connectivity index (χ1) is 12.0. The molecule has 0 saturated heterocycles. The van der Waals surface area contributed by atoms with Crippen LogP contribution in [0.4, 0.5) is 5.69 Å². The van der Waals surface area contributed by atoms with Crippen molar-refractivity contribution in [3.8, 4) is 0 Å². The molecule has 3 rings (SSSR count). The normalized spacial score (nSPS) is 16.2. The summed E-state index contributed by atoms with van der Waals surface area (Å²) in [7, 11) is 0. The summed E-state index contributed by atoms with van der Waals surface area (Å²) < 4.78 is 1.14. The molecule has 1 aliphatic rings. The van der Waals surface area contributed by atoms with Gasteiger partial charge in [0.05, 0.1) is 14.7 Å². The molecule has 0 bridgehead atoms. The molecular weight excluding hydrogens is 440 g/mol. The fourth-order valence-corrected chi connectivity index (χ4v) is 5.67. The molecule has 2 N–H and O–H groups in total. The van der Waals surface area contributed by atoms with Crippen molar-refractivity contribution in [1.82, 2.24) is 5.32 Å². The number of thioether (sulfide) groups is 2. The number of rotatable bonds is 6. The number of hydrogen-bond acceptors (Lipinski definition) is 5. The van der Waals surface area contributed by atoms with E-state index in [1.54, 1.807) is 29.2 Å². The summed E-state index contributed by atoms with van der Waals surface area (Å²) in [5.41, 5.74) is 1.29. The first-order valence-corrected chi connectivity index (χ1v) is 11.4. The van der Waals surface area contributed by atoms with Gasteiger partial charge in [-0.2, -0.15) is 11.8 Å². The van der Waals surface area contributed by atoms with Gasteiger partial charge in [0.25, 0.3) is 5.91 Å². The van der Waals surface area contributed by atoms with E-state index in [0.29, 0.717) is 12.1 Å². The molecule has 0 radical (unpaired) electrons. The van der Waals surface area contributed by atoms with Crippen LogP contribution in [0.3, 0.4) is 0 Å². The minimum absolute atomic E-state index is 0.0216. The number of carbonyl (C=O) groups is 2. The monoisotopic (exact) mass is 456 g/mol. The number of fused-ring (bicyclic) bond motifs is 1. The van der Waals surface area contributed by atoms with Crippen molar-refractivity contribution in [2.75, 3.05) is 17.6 Å². The second kappa shape index (κ2) is 8.62. The topological polar surface area (TPSA) is 58.2 Å². The van der Waals surface area contributed by atoms with E-state index < -0.39 is 0 Å². The van der Waals surface area contributed by atoms with Gasteiger partial charge in [0, 0.05) is 33.4 Å². The Morgan fingerprint density at radius 3 is 2.96 bits per heavy atom. The molecule has 1 aromatic carbocycles. The summed E-state index contributed by atoms with van der Waals surface area (Å²) in [4.78, 5) is 26.4. The van der Waals surface area contributed by atoms with Gasteiger partial charge in [0.15, 0.2) is 0 Å². The Labute approximate surface area is 167 Å². The maximum Gasteiger partial charge on any atom is 0.251 e. The second-order valence-corrected chi connectivity index (χ2v) is 10.5. The lowest BCUT2D eigenvalue weighted by Crippen LogP contribution is -2.28. The van der Waals surface area contributed by atoms with Crippen molar-refractivity contribution in [3.63, 3.8) is 0 Å². The largest absolute Gasteiger partial charge is 0.351 e. The Morgan fingerprint density at radius 1 is 1.36 bits per heavy atom.